The molecule has 0 aliphatic carbocycles. The summed E-state index contributed by atoms with van der Waals surface area (Å²) in [4.78, 5) is 20.0. The third kappa shape index (κ3) is 5.34. The molecule has 1 aliphatic heterocycles. The minimum atomic E-state index is 0. The van der Waals surface area contributed by atoms with E-state index < -0.39 is 0 Å². The molecule has 1 aliphatic rings. The molecule has 1 fully saturated rings. The Morgan fingerprint density at radius 1 is 1.00 bits per heavy atom. The molecule has 1 unspecified atom stereocenters. The summed E-state index contributed by atoms with van der Waals surface area (Å²) >= 11 is 0. The molecule has 0 bridgehead atoms. The smallest absolute Gasteiger partial charge is 0.227 e. The standard InChI is InChI=1S/C24H27N3O.ClH/c28-24(17-20-9-5-8-19-7-1-2-12-23(19)20)27(18-21-10-3-4-15-26-21)22-11-6-14-25-16-13-22;/h1-5,7-10,12,15,22,25H,6,11,13-14,16-18H2;1H. The van der Waals surface area contributed by atoms with Gasteiger partial charge in [-0.25, -0.2) is 0 Å². The van der Waals surface area contributed by atoms with Crippen LogP contribution in [0.15, 0.2) is 66.9 Å². The molecule has 1 atom stereocenters. The molecular formula is C24H28ClN3O. The van der Waals surface area contributed by atoms with Crippen molar-refractivity contribution in [2.45, 2.75) is 38.3 Å². The Kier molecular flexibility index (Phi) is 7.62. The summed E-state index contributed by atoms with van der Waals surface area (Å²) in [6.07, 6.45) is 5.37. The van der Waals surface area contributed by atoms with Crippen LogP contribution in [0.1, 0.15) is 30.5 Å². The predicted octanol–water partition coefficient (Wildman–Crippen LogP) is 4.37. The first kappa shape index (κ1) is 21.3. The molecule has 2 aromatic carbocycles. The zero-order valence-electron chi connectivity index (χ0n) is 16.6. The molecule has 0 spiro atoms. The van der Waals surface area contributed by atoms with E-state index in [4.69, 9.17) is 0 Å². The van der Waals surface area contributed by atoms with E-state index in [1.165, 1.54) is 10.8 Å². The lowest BCUT2D eigenvalue weighted by Gasteiger charge is -2.31. The van der Waals surface area contributed by atoms with Gasteiger partial charge in [-0.05, 0) is 60.8 Å². The van der Waals surface area contributed by atoms with Gasteiger partial charge in [0, 0.05) is 12.2 Å². The number of hydrogen-bond donors (Lipinski definition) is 1. The molecule has 1 saturated heterocycles. The number of halogens is 1. The number of rotatable bonds is 5. The lowest BCUT2D eigenvalue weighted by atomic mass is 10.0. The summed E-state index contributed by atoms with van der Waals surface area (Å²) in [5.74, 6) is 0.189. The Balaban J connectivity index is 0.00000240. The van der Waals surface area contributed by atoms with Crippen LogP contribution in [-0.2, 0) is 17.8 Å². The van der Waals surface area contributed by atoms with E-state index in [1.54, 1.807) is 6.20 Å². The molecule has 152 valence electrons. The van der Waals surface area contributed by atoms with Crippen LogP contribution in [0.25, 0.3) is 10.8 Å². The Labute approximate surface area is 178 Å². The lowest BCUT2D eigenvalue weighted by molar-refractivity contribution is -0.133. The van der Waals surface area contributed by atoms with Crippen LogP contribution in [-0.4, -0.2) is 34.9 Å². The van der Waals surface area contributed by atoms with Crippen molar-refractivity contribution < 1.29 is 4.79 Å². The van der Waals surface area contributed by atoms with Crippen molar-refractivity contribution in [2.75, 3.05) is 13.1 Å². The molecule has 29 heavy (non-hydrogen) atoms. The number of carbonyl (C=O) groups excluding carboxylic acids is 1. The van der Waals surface area contributed by atoms with Gasteiger partial charge < -0.3 is 10.2 Å². The third-order valence-electron chi connectivity index (χ3n) is 5.59. The summed E-state index contributed by atoms with van der Waals surface area (Å²) in [5.41, 5.74) is 2.05. The van der Waals surface area contributed by atoms with E-state index in [-0.39, 0.29) is 24.4 Å². The normalized spacial score (nSPS) is 16.6. The molecule has 1 aromatic heterocycles. The molecule has 2 heterocycles. The number of amides is 1. The predicted molar refractivity (Wildman–Crippen MR) is 120 cm³/mol. The molecule has 0 saturated carbocycles. The highest BCUT2D eigenvalue weighted by Crippen LogP contribution is 2.22. The zero-order chi connectivity index (χ0) is 19.2. The second-order valence-corrected chi connectivity index (χ2v) is 7.49. The highest BCUT2D eigenvalue weighted by Gasteiger charge is 2.25. The van der Waals surface area contributed by atoms with Crippen LogP contribution in [0.3, 0.4) is 0 Å². The van der Waals surface area contributed by atoms with Gasteiger partial charge in [-0.2, -0.15) is 0 Å². The molecule has 5 heteroatoms. The molecular weight excluding hydrogens is 382 g/mol. The number of carbonyl (C=O) groups is 1. The number of nitrogens with one attached hydrogen (secondary N) is 1. The molecule has 0 radical (unpaired) electrons. The summed E-state index contributed by atoms with van der Waals surface area (Å²) in [5, 5.41) is 5.80. The minimum Gasteiger partial charge on any atom is -0.333 e. The highest BCUT2D eigenvalue weighted by molar-refractivity contribution is 5.90. The van der Waals surface area contributed by atoms with Crippen molar-refractivity contribution in [3.05, 3.63) is 78.1 Å². The monoisotopic (exact) mass is 409 g/mol. The van der Waals surface area contributed by atoms with Gasteiger partial charge in [-0.3, -0.25) is 9.78 Å². The first-order valence-corrected chi connectivity index (χ1v) is 10.2. The van der Waals surface area contributed by atoms with Crippen LogP contribution < -0.4 is 5.32 Å². The second kappa shape index (κ2) is 10.4. The minimum absolute atomic E-state index is 0. The number of nitrogens with zero attached hydrogens (tertiary/aromatic N) is 2. The Hall–Kier alpha value is -2.43. The average molecular weight is 410 g/mol. The fourth-order valence-corrected chi connectivity index (χ4v) is 4.11. The van der Waals surface area contributed by atoms with Crippen LogP contribution in [0.2, 0.25) is 0 Å². The van der Waals surface area contributed by atoms with Crippen molar-refractivity contribution in [1.29, 1.82) is 0 Å². The fourth-order valence-electron chi connectivity index (χ4n) is 4.11. The molecule has 4 rings (SSSR count). The summed E-state index contributed by atoms with van der Waals surface area (Å²) < 4.78 is 0. The van der Waals surface area contributed by atoms with Gasteiger partial charge in [0.05, 0.1) is 18.7 Å². The van der Waals surface area contributed by atoms with E-state index in [0.717, 1.165) is 43.6 Å². The van der Waals surface area contributed by atoms with E-state index in [2.05, 4.69) is 39.5 Å². The topological polar surface area (TPSA) is 45.2 Å². The number of pyridine rings is 1. The number of benzene rings is 2. The van der Waals surface area contributed by atoms with Crippen molar-refractivity contribution in [3.63, 3.8) is 0 Å². The van der Waals surface area contributed by atoms with E-state index >= 15 is 0 Å². The van der Waals surface area contributed by atoms with Crippen molar-refractivity contribution >= 4 is 29.1 Å². The van der Waals surface area contributed by atoms with Crippen LogP contribution in [0, 0.1) is 0 Å². The average Bonchev–Trinajstić information content (AvgIpc) is 3.02. The van der Waals surface area contributed by atoms with Gasteiger partial charge in [-0.1, -0.05) is 48.5 Å². The highest BCUT2D eigenvalue weighted by atomic mass is 35.5. The van der Waals surface area contributed by atoms with Gasteiger partial charge in [0.25, 0.3) is 0 Å². The van der Waals surface area contributed by atoms with Crippen molar-refractivity contribution in [3.8, 4) is 0 Å². The Morgan fingerprint density at radius 2 is 1.83 bits per heavy atom. The molecule has 1 N–H and O–H groups in total. The first-order chi connectivity index (χ1) is 13.8. The van der Waals surface area contributed by atoms with Gasteiger partial charge >= 0.3 is 0 Å². The van der Waals surface area contributed by atoms with E-state index in [0.29, 0.717) is 13.0 Å². The fraction of sp³-hybridized carbons (Fsp3) is 0.333. The van der Waals surface area contributed by atoms with Crippen LogP contribution >= 0.6 is 12.4 Å². The maximum absolute atomic E-state index is 13.4. The summed E-state index contributed by atoms with van der Waals surface area (Å²) in [6, 6.07) is 20.7. The van der Waals surface area contributed by atoms with Gasteiger partial charge in [0.1, 0.15) is 0 Å². The maximum atomic E-state index is 13.4. The largest absolute Gasteiger partial charge is 0.333 e. The van der Waals surface area contributed by atoms with Crippen LogP contribution in [0.5, 0.6) is 0 Å². The zero-order valence-corrected chi connectivity index (χ0v) is 17.4. The Bertz CT molecular complexity index is 918. The summed E-state index contributed by atoms with van der Waals surface area (Å²) in [6.45, 7) is 2.57. The number of fused-ring (bicyclic) bond motifs is 1. The van der Waals surface area contributed by atoms with Crippen LogP contribution in [0.4, 0.5) is 0 Å². The SMILES string of the molecule is Cl.O=C(Cc1cccc2ccccc12)N(Cc1ccccn1)C1CCCNCC1. The van der Waals surface area contributed by atoms with Gasteiger partial charge in [-0.15, -0.1) is 12.4 Å². The third-order valence-corrected chi connectivity index (χ3v) is 5.59. The van der Waals surface area contributed by atoms with E-state index in [1.807, 2.05) is 36.4 Å². The first-order valence-electron chi connectivity index (χ1n) is 10.2. The van der Waals surface area contributed by atoms with E-state index in [9.17, 15) is 4.79 Å². The number of hydrogen-bond acceptors (Lipinski definition) is 3. The Morgan fingerprint density at radius 3 is 2.69 bits per heavy atom. The molecule has 4 nitrogen and oxygen atoms in total. The molecule has 1 amide bonds. The van der Waals surface area contributed by atoms with Gasteiger partial charge in [0.15, 0.2) is 0 Å². The quantitative estimate of drug-likeness (QED) is 0.680. The lowest BCUT2D eigenvalue weighted by Crippen LogP contribution is -2.41. The second-order valence-electron chi connectivity index (χ2n) is 7.49. The summed E-state index contributed by atoms with van der Waals surface area (Å²) in [7, 11) is 0. The molecule has 3 aromatic rings. The van der Waals surface area contributed by atoms with Crippen molar-refractivity contribution in [1.82, 2.24) is 15.2 Å². The maximum Gasteiger partial charge on any atom is 0.227 e. The number of aromatic nitrogens is 1. The van der Waals surface area contributed by atoms with Crippen molar-refractivity contribution in [2.24, 2.45) is 0 Å². The van der Waals surface area contributed by atoms with Gasteiger partial charge in [0.2, 0.25) is 5.91 Å².